The summed E-state index contributed by atoms with van der Waals surface area (Å²) in [7, 11) is -4.12. The van der Waals surface area contributed by atoms with Crippen molar-refractivity contribution in [3.8, 4) is 0 Å². The molecule has 0 saturated carbocycles. The van der Waals surface area contributed by atoms with E-state index in [9.17, 15) is 18.0 Å². The van der Waals surface area contributed by atoms with Crippen molar-refractivity contribution < 1.29 is 18.0 Å². The van der Waals surface area contributed by atoms with Crippen molar-refractivity contribution in [2.75, 3.05) is 17.4 Å². The van der Waals surface area contributed by atoms with Gasteiger partial charge in [-0.05, 0) is 56.7 Å². The molecule has 0 aliphatic rings. The summed E-state index contributed by atoms with van der Waals surface area (Å²) in [6.45, 7) is 4.88. The number of carbonyl (C=O) groups excluding carboxylic acids is 2. The third-order valence-electron chi connectivity index (χ3n) is 5.90. The van der Waals surface area contributed by atoms with E-state index in [4.69, 9.17) is 23.2 Å². The molecule has 1 atom stereocenters. The second kappa shape index (κ2) is 12.4. The Morgan fingerprint density at radius 1 is 0.919 bits per heavy atom. The van der Waals surface area contributed by atoms with E-state index in [1.165, 1.54) is 17.0 Å². The van der Waals surface area contributed by atoms with Crippen LogP contribution in [0, 0.1) is 6.92 Å². The quantitative estimate of drug-likeness (QED) is 0.375. The number of carbonyl (C=O) groups is 2. The zero-order valence-electron chi connectivity index (χ0n) is 20.8. The number of hydrogen-bond donors (Lipinski definition) is 1. The van der Waals surface area contributed by atoms with Gasteiger partial charge in [0.25, 0.3) is 10.0 Å². The van der Waals surface area contributed by atoms with E-state index in [1.54, 1.807) is 81.4 Å². The minimum Gasteiger partial charge on any atom is -0.355 e. The van der Waals surface area contributed by atoms with Gasteiger partial charge >= 0.3 is 0 Å². The van der Waals surface area contributed by atoms with Crippen LogP contribution in [0.1, 0.15) is 25.0 Å². The minimum atomic E-state index is -4.12. The van der Waals surface area contributed by atoms with Crippen LogP contribution < -0.4 is 9.62 Å². The van der Waals surface area contributed by atoms with Crippen molar-refractivity contribution in [3.05, 3.63) is 94.0 Å². The number of halogens is 2. The topological polar surface area (TPSA) is 86.8 Å². The van der Waals surface area contributed by atoms with Crippen LogP contribution in [0.25, 0.3) is 0 Å². The lowest BCUT2D eigenvalue weighted by atomic mass is 10.1. The third kappa shape index (κ3) is 6.63. The van der Waals surface area contributed by atoms with Crippen molar-refractivity contribution in [3.63, 3.8) is 0 Å². The Morgan fingerprint density at radius 2 is 1.51 bits per heavy atom. The van der Waals surface area contributed by atoms with E-state index >= 15 is 0 Å². The predicted octanol–water partition coefficient (Wildman–Crippen LogP) is 5.05. The van der Waals surface area contributed by atoms with Crippen LogP contribution in [0.4, 0.5) is 5.69 Å². The molecule has 3 aromatic carbocycles. The Balaban J connectivity index is 2.07. The fourth-order valence-electron chi connectivity index (χ4n) is 3.83. The van der Waals surface area contributed by atoms with Crippen LogP contribution in [0.3, 0.4) is 0 Å². The van der Waals surface area contributed by atoms with Crippen molar-refractivity contribution in [2.45, 2.75) is 38.3 Å². The number of sulfonamides is 1. The third-order valence-corrected chi connectivity index (χ3v) is 8.38. The van der Waals surface area contributed by atoms with Gasteiger partial charge in [0.1, 0.15) is 12.6 Å². The summed E-state index contributed by atoms with van der Waals surface area (Å²) in [6.07, 6.45) is 0. The van der Waals surface area contributed by atoms with Crippen LogP contribution in [0.15, 0.2) is 77.7 Å². The molecule has 196 valence electrons. The molecule has 0 bridgehead atoms. The number of nitrogens with zero attached hydrogens (tertiary/aromatic N) is 2. The molecule has 3 rings (SSSR count). The highest BCUT2D eigenvalue weighted by atomic mass is 35.5. The molecule has 1 N–H and O–H groups in total. The number of amides is 2. The maximum absolute atomic E-state index is 13.8. The molecule has 0 aliphatic heterocycles. The number of benzene rings is 3. The summed E-state index contributed by atoms with van der Waals surface area (Å²) in [5.41, 5.74) is 1.50. The van der Waals surface area contributed by atoms with Gasteiger partial charge in [-0.1, -0.05) is 65.7 Å². The van der Waals surface area contributed by atoms with Crippen LogP contribution in [0.5, 0.6) is 0 Å². The van der Waals surface area contributed by atoms with Gasteiger partial charge in [0.05, 0.1) is 10.6 Å². The molecule has 10 heteroatoms. The Bertz CT molecular complexity index is 1350. The molecule has 0 aromatic heterocycles. The van der Waals surface area contributed by atoms with E-state index < -0.39 is 28.5 Å². The summed E-state index contributed by atoms with van der Waals surface area (Å²) in [5, 5.41) is 3.38. The summed E-state index contributed by atoms with van der Waals surface area (Å²) < 4.78 is 28.6. The maximum Gasteiger partial charge on any atom is 0.264 e. The summed E-state index contributed by atoms with van der Waals surface area (Å²) >= 11 is 12.7. The molecular weight excluding hydrogens is 533 g/mol. The molecule has 2 amide bonds. The molecule has 0 aliphatic carbocycles. The highest BCUT2D eigenvalue weighted by molar-refractivity contribution is 7.92. The van der Waals surface area contributed by atoms with E-state index in [2.05, 4.69) is 5.32 Å². The molecule has 0 radical (unpaired) electrons. The van der Waals surface area contributed by atoms with Crippen molar-refractivity contribution in [2.24, 2.45) is 0 Å². The Morgan fingerprint density at radius 3 is 2.11 bits per heavy atom. The van der Waals surface area contributed by atoms with Gasteiger partial charge in [-0.25, -0.2) is 8.42 Å². The van der Waals surface area contributed by atoms with Crippen molar-refractivity contribution in [1.29, 1.82) is 0 Å². The number of anilines is 1. The first-order chi connectivity index (χ1) is 17.6. The lowest BCUT2D eigenvalue weighted by Gasteiger charge is -2.32. The van der Waals surface area contributed by atoms with Gasteiger partial charge in [0.15, 0.2) is 0 Å². The van der Waals surface area contributed by atoms with Crippen molar-refractivity contribution in [1.82, 2.24) is 10.2 Å². The zero-order valence-corrected chi connectivity index (χ0v) is 23.1. The fraction of sp³-hybridized carbons (Fsp3) is 0.259. The largest absolute Gasteiger partial charge is 0.355 e. The first-order valence-corrected chi connectivity index (χ1v) is 13.9. The molecule has 37 heavy (non-hydrogen) atoms. The summed E-state index contributed by atoms with van der Waals surface area (Å²) in [4.78, 5) is 28.0. The molecule has 7 nitrogen and oxygen atoms in total. The summed E-state index contributed by atoms with van der Waals surface area (Å²) in [5.74, 6) is -0.968. The van der Waals surface area contributed by atoms with E-state index in [0.29, 0.717) is 33.4 Å². The molecule has 0 spiro atoms. The second-order valence-corrected chi connectivity index (χ2v) is 11.1. The molecular formula is C27H29Cl2N3O4S. The number of nitrogens with one attached hydrogen (secondary N) is 1. The normalized spacial score (nSPS) is 12.0. The first kappa shape index (κ1) is 28.5. The van der Waals surface area contributed by atoms with Gasteiger partial charge in [0, 0.05) is 28.7 Å². The van der Waals surface area contributed by atoms with Crippen LogP contribution in [-0.4, -0.2) is 44.3 Å². The SMILES string of the molecule is CCNC(=O)[C@H](C)N(Cc1c(Cl)cccc1Cl)C(=O)CN(c1ccccc1C)S(=O)(=O)c1ccccc1. The average molecular weight is 563 g/mol. The summed E-state index contributed by atoms with van der Waals surface area (Å²) in [6, 6.07) is 18.9. The smallest absolute Gasteiger partial charge is 0.264 e. The van der Waals surface area contributed by atoms with Crippen LogP contribution in [0.2, 0.25) is 10.0 Å². The standard InChI is InChI=1S/C27H29Cl2N3O4S/c1-4-30-27(34)20(3)31(17-22-23(28)14-10-15-24(22)29)26(33)18-32(25-16-9-8-11-19(25)2)37(35,36)21-12-6-5-7-13-21/h5-16,20H,4,17-18H2,1-3H3,(H,30,34)/t20-/m0/s1. The van der Waals surface area contributed by atoms with Gasteiger partial charge < -0.3 is 10.2 Å². The highest BCUT2D eigenvalue weighted by Gasteiger charge is 2.33. The van der Waals surface area contributed by atoms with Gasteiger partial charge in [-0.2, -0.15) is 0 Å². The monoisotopic (exact) mass is 561 g/mol. The minimum absolute atomic E-state index is 0.0449. The molecule has 0 saturated heterocycles. The molecule has 0 fully saturated rings. The van der Waals surface area contributed by atoms with E-state index in [0.717, 1.165) is 4.31 Å². The number of hydrogen-bond acceptors (Lipinski definition) is 4. The number of rotatable bonds is 10. The number of para-hydroxylation sites is 1. The number of aryl methyl sites for hydroxylation is 1. The second-order valence-electron chi connectivity index (χ2n) is 8.40. The van der Waals surface area contributed by atoms with Crippen LogP contribution >= 0.6 is 23.2 Å². The Hall–Kier alpha value is -3.07. The maximum atomic E-state index is 13.8. The number of likely N-dealkylation sites (N-methyl/N-ethyl adjacent to an activating group) is 1. The zero-order chi connectivity index (χ0) is 27.2. The lowest BCUT2D eigenvalue weighted by molar-refractivity contribution is -0.139. The van der Waals surface area contributed by atoms with Crippen LogP contribution in [-0.2, 0) is 26.2 Å². The predicted molar refractivity (Wildman–Crippen MR) is 147 cm³/mol. The van der Waals surface area contributed by atoms with Gasteiger partial charge in [-0.15, -0.1) is 0 Å². The molecule has 0 unspecified atom stereocenters. The van der Waals surface area contributed by atoms with E-state index in [-0.39, 0.29) is 17.3 Å². The fourth-order valence-corrected chi connectivity index (χ4v) is 5.85. The molecule has 0 heterocycles. The highest BCUT2D eigenvalue weighted by Crippen LogP contribution is 2.29. The first-order valence-electron chi connectivity index (χ1n) is 11.7. The van der Waals surface area contributed by atoms with Gasteiger partial charge in [-0.3, -0.25) is 13.9 Å². The van der Waals surface area contributed by atoms with E-state index in [1.807, 2.05) is 0 Å². The Labute approximate surface area is 228 Å². The Kier molecular flexibility index (Phi) is 9.59. The van der Waals surface area contributed by atoms with Gasteiger partial charge in [0.2, 0.25) is 11.8 Å². The lowest BCUT2D eigenvalue weighted by Crippen LogP contribution is -2.51. The average Bonchev–Trinajstić information content (AvgIpc) is 2.88. The molecule has 3 aromatic rings. The van der Waals surface area contributed by atoms with Crippen molar-refractivity contribution >= 4 is 50.7 Å².